The normalized spacial score (nSPS) is 11.4. The number of nitrogens with zero attached hydrogens (tertiary/aromatic N) is 1. The highest BCUT2D eigenvalue weighted by Crippen LogP contribution is 1.98. The summed E-state index contributed by atoms with van der Waals surface area (Å²) in [6.45, 7) is 0.0644. The van der Waals surface area contributed by atoms with Crippen LogP contribution in [-0.4, -0.2) is 52.7 Å². The van der Waals surface area contributed by atoms with E-state index in [1.165, 1.54) is 19.6 Å². The molecule has 0 fully saturated rings. The Labute approximate surface area is 114 Å². The highest BCUT2D eigenvalue weighted by molar-refractivity contribution is 5.83. The number of aliphatic carboxylic acids is 1. The van der Waals surface area contributed by atoms with E-state index in [1.54, 1.807) is 0 Å². The van der Waals surface area contributed by atoms with Crippen LogP contribution in [0.25, 0.3) is 0 Å². The molecule has 1 aromatic rings. The van der Waals surface area contributed by atoms with Crippen molar-refractivity contribution >= 4 is 18.0 Å². The maximum atomic E-state index is 11.5. The van der Waals surface area contributed by atoms with Crippen molar-refractivity contribution in [3.05, 3.63) is 18.2 Å². The summed E-state index contributed by atoms with van der Waals surface area (Å²) < 4.78 is 4.41. The van der Waals surface area contributed by atoms with E-state index < -0.39 is 24.0 Å². The van der Waals surface area contributed by atoms with E-state index in [9.17, 15) is 14.4 Å². The van der Waals surface area contributed by atoms with Crippen molar-refractivity contribution in [2.45, 2.75) is 18.9 Å². The summed E-state index contributed by atoms with van der Waals surface area (Å²) in [5.41, 5.74) is 0.590. The molecule has 0 unspecified atom stereocenters. The van der Waals surface area contributed by atoms with Gasteiger partial charge in [0.15, 0.2) is 0 Å². The van der Waals surface area contributed by atoms with Gasteiger partial charge in [0.05, 0.1) is 19.9 Å². The van der Waals surface area contributed by atoms with Crippen molar-refractivity contribution in [1.29, 1.82) is 0 Å². The molecule has 0 saturated carbocycles. The largest absolute Gasteiger partial charge is 0.480 e. The molecule has 0 aliphatic rings. The summed E-state index contributed by atoms with van der Waals surface area (Å²) in [5.74, 6) is -1.62. The SMILES string of the molecule is COC(=O)CCNC(=O)N[C@@H](Cc1cnc[nH]1)C(=O)O. The number of aromatic amines is 1. The summed E-state index contributed by atoms with van der Waals surface area (Å²) in [6, 6.07) is -1.76. The minimum absolute atomic E-state index is 0.0161. The molecule has 1 aromatic heterocycles. The summed E-state index contributed by atoms with van der Waals surface area (Å²) in [7, 11) is 1.24. The third-order valence-corrected chi connectivity index (χ3v) is 2.42. The number of amides is 2. The highest BCUT2D eigenvalue weighted by Gasteiger charge is 2.20. The van der Waals surface area contributed by atoms with Gasteiger partial charge >= 0.3 is 18.0 Å². The summed E-state index contributed by atoms with van der Waals surface area (Å²) in [6.07, 6.45) is 3.00. The van der Waals surface area contributed by atoms with Crippen molar-refractivity contribution in [3.63, 3.8) is 0 Å². The second-order valence-electron chi connectivity index (χ2n) is 3.90. The van der Waals surface area contributed by atoms with Gasteiger partial charge in [0.25, 0.3) is 0 Å². The molecule has 0 aromatic carbocycles. The topological polar surface area (TPSA) is 133 Å². The van der Waals surface area contributed by atoms with Crippen LogP contribution >= 0.6 is 0 Å². The van der Waals surface area contributed by atoms with Crippen LogP contribution in [0.3, 0.4) is 0 Å². The number of carboxylic acids is 1. The zero-order valence-electron chi connectivity index (χ0n) is 10.9. The van der Waals surface area contributed by atoms with Gasteiger partial charge in [-0.25, -0.2) is 14.6 Å². The van der Waals surface area contributed by atoms with E-state index in [0.717, 1.165) is 0 Å². The zero-order valence-corrected chi connectivity index (χ0v) is 10.9. The predicted molar refractivity (Wildman–Crippen MR) is 66.9 cm³/mol. The second-order valence-corrected chi connectivity index (χ2v) is 3.90. The van der Waals surface area contributed by atoms with Crippen molar-refractivity contribution in [2.75, 3.05) is 13.7 Å². The molecular formula is C11H16N4O5. The maximum Gasteiger partial charge on any atom is 0.326 e. The summed E-state index contributed by atoms with van der Waals surface area (Å²) in [4.78, 5) is 39.9. The van der Waals surface area contributed by atoms with Crippen molar-refractivity contribution in [1.82, 2.24) is 20.6 Å². The quantitative estimate of drug-likeness (QED) is 0.488. The Hall–Kier alpha value is -2.58. The summed E-state index contributed by atoms with van der Waals surface area (Å²) >= 11 is 0. The Kier molecular flexibility index (Phi) is 6.01. The Balaban J connectivity index is 2.39. The molecule has 1 atom stereocenters. The van der Waals surface area contributed by atoms with E-state index in [0.29, 0.717) is 5.69 Å². The molecule has 0 bridgehead atoms. The van der Waals surface area contributed by atoms with E-state index in [1.807, 2.05) is 0 Å². The number of carbonyl (C=O) groups excluding carboxylic acids is 2. The van der Waals surface area contributed by atoms with Crippen LogP contribution in [0, 0.1) is 0 Å². The minimum Gasteiger partial charge on any atom is -0.480 e. The highest BCUT2D eigenvalue weighted by atomic mass is 16.5. The lowest BCUT2D eigenvalue weighted by Gasteiger charge is -2.14. The van der Waals surface area contributed by atoms with Crippen LogP contribution in [0.2, 0.25) is 0 Å². The van der Waals surface area contributed by atoms with Gasteiger partial charge in [0.2, 0.25) is 0 Å². The molecule has 2 amide bonds. The molecule has 9 heteroatoms. The maximum absolute atomic E-state index is 11.5. The van der Waals surface area contributed by atoms with Gasteiger partial charge < -0.3 is 25.5 Å². The molecule has 1 heterocycles. The number of carboxylic acid groups (broad SMARTS) is 1. The van der Waals surface area contributed by atoms with Gasteiger partial charge in [-0.15, -0.1) is 0 Å². The fourth-order valence-electron chi connectivity index (χ4n) is 1.41. The molecule has 9 nitrogen and oxygen atoms in total. The van der Waals surface area contributed by atoms with Gasteiger partial charge in [-0.05, 0) is 0 Å². The standard InChI is InChI=1S/C11H16N4O5/c1-20-9(16)2-3-13-11(19)15-8(10(17)18)4-7-5-12-6-14-7/h5-6,8H,2-4H2,1H3,(H,12,14)(H,17,18)(H2,13,15,19)/t8-/m0/s1. The molecule has 0 radical (unpaired) electrons. The van der Waals surface area contributed by atoms with E-state index >= 15 is 0 Å². The van der Waals surface area contributed by atoms with Crippen molar-refractivity contribution in [2.24, 2.45) is 0 Å². The number of hydrogen-bond acceptors (Lipinski definition) is 5. The number of aromatic nitrogens is 2. The first kappa shape index (κ1) is 15.5. The molecule has 110 valence electrons. The molecule has 0 spiro atoms. The van der Waals surface area contributed by atoms with Gasteiger partial charge in [0, 0.05) is 24.9 Å². The molecule has 0 saturated heterocycles. The van der Waals surface area contributed by atoms with Crippen molar-refractivity contribution in [3.8, 4) is 0 Å². The van der Waals surface area contributed by atoms with Gasteiger partial charge in [-0.3, -0.25) is 4.79 Å². The lowest BCUT2D eigenvalue weighted by atomic mass is 10.2. The molecule has 4 N–H and O–H groups in total. The van der Waals surface area contributed by atoms with Gasteiger partial charge in [0.1, 0.15) is 6.04 Å². The van der Waals surface area contributed by atoms with E-state index in [-0.39, 0.29) is 19.4 Å². The second kappa shape index (κ2) is 7.77. The number of rotatable bonds is 7. The number of nitrogens with one attached hydrogen (secondary N) is 3. The van der Waals surface area contributed by atoms with Gasteiger partial charge in [-0.2, -0.15) is 0 Å². The number of methoxy groups -OCH3 is 1. The van der Waals surface area contributed by atoms with Gasteiger partial charge in [-0.1, -0.05) is 0 Å². The van der Waals surface area contributed by atoms with Crippen LogP contribution in [0.15, 0.2) is 12.5 Å². The number of carbonyl (C=O) groups is 3. The van der Waals surface area contributed by atoms with Crippen LogP contribution in [0.5, 0.6) is 0 Å². The molecular weight excluding hydrogens is 268 g/mol. The number of imidazole rings is 1. The van der Waals surface area contributed by atoms with Crippen LogP contribution in [0.4, 0.5) is 4.79 Å². The fraction of sp³-hybridized carbons (Fsp3) is 0.455. The third kappa shape index (κ3) is 5.38. The van der Waals surface area contributed by atoms with Crippen LogP contribution in [0.1, 0.15) is 12.1 Å². The van der Waals surface area contributed by atoms with Crippen LogP contribution < -0.4 is 10.6 Å². The molecule has 20 heavy (non-hydrogen) atoms. The first-order chi connectivity index (χ1) is 9.52. The lowest BCUT2D eigenvalue weighted by Crippen LogP contribution is -2.47. The van der Waals surface area contributed by atoms with E-state index in [4.69, 9.17) is 5.11 Å². The predicted octanol–water partition coefficient (Wildman–Crippen LogP) is -0.732. The average Bonchev–Trinajstić information content (AvgIpc) is 2.90. The number of H-pyrrole nitrogens is 1. The Morgan fingerprint density at radius 1 is 1.50 bits per heavy atom. The minimum atomic E-state index is -1.16. The number of hydrogen-bond donors (Lipinski definition) is 4. The Bertz CT molecular complexity index is 459. The number of urea groups is 1. The Morgan fingerprint density at radius 3 is 2.80 bits per heavy atom. The molecule has 1 rings (SSSR count). The smallest absolute Gasteiger partial charge is 0.326 e. The zero-order chi connectivity index (χ0) is 15.0. The molecule has 0 aliphatic carbocycles. The first-order valence-electron chi connectivity index (χ1n) is 5.84. The average molecular weight is 284 g/mol. The van der Waals surface area contributed by atoms with Crippen LogP contribution in [-0.2, 0) is 20.7 Å². The molecule has 0 aliphatic heterocycles. The first-order valence-corrected chi connectivity index (χ1v) is 5.84. The summed E-state index contributed by atoms with van der Waals surface area (Å²) in [5, 5.41) is 13.7. The van der Waals surface area contributed by atoms with E-state index in [2.05, 4.69) is 25.3 Å². The number of ether oxygens (including phenoxy) is 1. The lowest BCUT2D eigenvalue weighted by molar-refractivity contribution is -0.141. The number of esters is 1. The van der Waals surface area contributed by atoms with Crippen molar-refractivity contribution < 1.29 is 24.2 Å². The Morgan fingerprint density at radius 2 is 2.25 bits per heavy atom. The third-order valence-electron chi connectivity index (χ3n) is 2.42. The fourth-order valence-corrected chi connectivity index (χ4v) is 1.41. The monoisotopic (exact) mass is 284 g/mol.